The van der Waals surface area contributed by atoms with E-state index in [1.165, 1.54) is 0 Å². The van der Waals surface area contributed by atoms with Crippen LogP contribution in [0, 0.1) is 0 Å². The molecule has 4 rings (SSSR count). The van der Waals surface area contributed by atoms with Crippen LogP contribution in [-0.4, -0.2) is 16.0 Å². The minimum atomic E-state index is -1.37. The molecule has 4 nitrogen and oxygen atoms in total. The number of pyridine rings is 1. The van der Waals surface area contributed by atoms with Gasteiger partial charge in [-0.3, -0.25) is 9.78 Å². The van der Waals surface area contributed by atoms with E-state index >= 15 is 0 Å². The summed E-state index contributed by atoms with van der Waals surface area (Å²) in [6.45, 7) is 0. The Kier molecular flexibility index (Phi) is 4.23. The van der Waals surface area contributed by atoms with Gasteiger partial charge in [-0.05, 0) is 47.4 Å². The molecule has 0 saturated carbocycles. The Balaban J connectivity index is 1.89. The number of rotatable bonds is 3. The highest BCUT2D eigenvalue weighted by molar-refractivity contribution is 6.30. The molecule has 26 heavy (non-hydrogen) atoms. The number of halogens is 1. The van der Waals surface area contributed by atoms with Crippen molar-refractivity contribution in [3.8, 4) is 0 Å². The lowest BCUT2D eigenvalue weighted by Crippen LogP contribution is -2.29. The van der Waals surface area contributed by atoms with E-state index in [1.54, 1.807) is 30.6 Å². The SMILES string of the molecule is O=C1CCc2cc(C(O)(c3ccc(Cl)cc3)c3cccnc3)ccc2N1. The van der Waals surface area contributed by atoms with Crippen molar-refractivity contribution >= 4 is 23.2 Å². The number of nitrogens with zero attached hydrogens (tertiary/aromatic N) is 1. The number of amides is 1. The average molecular weight is 365 g/mol. The molecular formula is C21H17ClN2O2. The van der Waals surface area contributed by atoms with Crippen LogP contribution in [0.5, 0.6) is 0 Å². The van der Waals surface area contributed by atoms with Gasteiger partial charge in [-0.25, -0.2) is 0 Å². The summed E-state index contributed by atoms with van der Waals surface area (Å²) in [5.41, 5.74) is 2.54. The number of benzene rings is 2. The van der Waals surface area contributed by atoms with E-state index in [0.717, 1.165) is 16.8 Å². The Morgan fingerprint density at radius 1 is 1.00 bits per heavy atom. The first kappa shape index (κ1) is 16.8. The molecule has 130 valence electrons. The fourth-order valence-electron chi connectivity index (χ4n) is 3.38. The molecule has 0 aliphatic carbocycles. The molecule has 1 aromatic heterocycles. The number of aromatic nitrogens is 1. The number of carbonyl (C=O) groups is 1. The van der Waals surface area contributed by atoms with Gasteiger partial charge in [-0.15, -0.1) is 0 Å². The maximum absolute atomic E-state index is 11.8. The molecule has 1 aliphatic rings. The third kappa shape index (κ3) is 2.87. The van der Waals surface area contributed by atoms with Gasteiger partial charge < -0.3 is 10.4 Å². The monoisotopic (exact) mass is 364 g/mol. The van der Waals surface area contributed by atoms with Crippen LogP contribution in [-0.2, 0) is 16.8 Å². The Morgan fingerprint density at radius 3 is 2.50 bits per heavy atom. The van der Waals surface area contributed by atoms with Crippen LogP contribution in [0.1, 0.15) is 28.7 Å². The van der Waals surface area contributed by atoms with Crippen LogP contribution in [0.25, 0.3) is 0 Å². The first-order chi connectivity index (χ1) is 12.6. The van der Waals surface area contributed by atoms with Gasteiger partial charge in [-0.1, -0.05) is 41.9 Å². The molecule has 0 bridgehead atoms. The first-order valence-corrected chi connectivity index (χ1v) is 8.77. The van der Waals surface area contributed by atoms with Gasteiger partial charge in [0.05, 0.1) is 0 Å². The topological polar surface area (TPSA) is 62.2 Å². The molecule has 2 aromatic carbocycles. The van der Waals surface area contributed by atoms with Gasteiger partial charge in [0.2, 0.25) is 5.91 Å². The molecule has 1 atom stereocenters. The Morgan fingerprint density at radius 2 is 1.77 bits per heavy atom. The second-order valence-corrected chi connectivity index (χ2v) is 6.82. The lowest BCUT2D eigenvalue weighted by atomic mass is 9.80. The second-order valence-electron chi connectivity index (χ2n) is 6.38. The molecule has 3 aromatic rings. The predicted octanol–water partition coefficient (Wildman–Crippen LogP) is 3.90. The molecule has 2 heterocycles. The summed E-state index contributed by atoms with van der Waals surface area (Å²) in [5, 5.41) is 15.3. The van der Waals surface area contributed by atoms with E-state index in [9.17, 15) is 9.90 Å². The van der Waals surface area contributed by atoms with Gasteiger partial charge in [0.15, 0.2) is 0 Å². The van der Waals surface area contributed by atoms with Crippen LogP contribution >= 0.6 is 11.6 Å². The number of carbonyl (C=O) groups excluding carboxylic acids is 1. The molecular weight excluding hydrogens is 348 g/mol. The van der Waals surface area contributed by atoms with E-state index < -0.39 is 5.60 Å². The van der Waals surface area contributed by atoms with Crippen molar-refractivity contribution in [2.24, 2.45) is 0 Å². The summed E-state index contributed by atoms with van der Waals surface area (Å²) in [6.07, 6.45) is 4.44. The maximum Gasteiger partial charge on any atom is 0.224 e. The summed E-state index contributed by atoms with van der Waals surface area (Å²) in [4.78, 5) is 15.8. The Labute approximate surface area is 156 Å². The zero-order chi connectivity index (χ0) is 18.1. The molecule has 1 amide bonds. The fraction of sp³-hybridized carbons (Fsp3) is 0.143. The highest BCUT2D eigenvalue weighted by atomic mass is 35.5. The van der Waals surface area contributed by atoms with E-state index in [4.69, 9.17) is 11.6 Å². The Bertz CT molecular complexity index is 958. The predicted molar refractivity (Wildman–Crippen MR) is 101 cm³/mol. The van der Waals surface area contributed by atoms with Crippen molar-refractivity contribution < 1.29 is 9.90 Å². The normalized spacial score (nSPS) is 15.7. The second kappa shape index (κ2) is 6.56. The van der Waals surface area contributed by atoms with Crippen molar-refractivity contribution in [1.29, 1.82) is 0 Å². The van der Waals surface area contributed by atoms with Gasteiger partial charge >= 0.3 is 0 Å². The average Bonchev–Trinajstić information content (AvgIpc) is 2.68. The number of nitrogens with one attached hydrogen (secondary N) is 1. The van der Waals surface area contributed by atoms with E-state index in [-0.39, 0.29) is 5.91 Å². The van der Waals surface area contributed by atoms with Crippen molar-refractivity contribution in [1.82, 2.24) is 4.98 Å². The third-order valence-electron chi connectivity index (χ3n) is 4.76. The van der Waals surface area contributed by atoms with E-state index in [2.05, 4.69) is 10.3 Å². The van der Waals surface area contributed by atoms with Gasteiger partial charge in [0.25, 0.3) is 0 Å². The lowest BCUT2D eigenvalue weighted by Gasteiger charge is -2.31. The molecule has 0 saturated heterocycles. The first-order valence-electron chi connectivity index (χ1n) is 8.39. The lowest BCUT2D eigenvalue weighted by molar-refractivity contribution is -0.116. The third-order valence-corrected chi connectivity index (χ3v) is 5.01. The number of anilines is 1. The zero-order valence-corrected chi connectivity index (χ0v) is 14.7. The van der Waals surface area contributed by atoms with E-state index in [1.807, 2.05) is 36.4 Å². The van der Waals surface area contributed by atoms with Crippen molar-refractivity contribution in [3.05, 3.63) is 94.3 Å². The summed E-state index contributed by atoms with van der Waals surface area (Å²) >= 11 is 6.03. The summed E-state index contributed by atoms with van der Waals surface area (Å²) in [5.74, 6) is 0.0190. The van der Waals surface area contributed by atoms with Gasteiger partial charge in [-0.2, -0.15) is 0 Å². The summed E-state index contributed by atoms with van der Waals surface area (Å²) < 4.78 is 0. The van der Waals surface area contributed by atoms with Gasteiger partial charge in [0.1, 0.15) is 5.60 Å². The van der Waals surface area contributed by atoms with Crippen molar-refractivity contribution in [2.45, 2.75) is 18.4 Å². The van der Waals surface area contributed by atoms with Gasteiger partial charge in [0, 0.05) is 35.1 Å². The zero-order valence-electron chi connectivity index (χ0n) is 13.9. The van der Waals surface area contributed by atoms with Crippen LogP contribution in [0.15, 0.2) is 67.0 Å². The maximum atomic E-state index is 11.8. The van der Waals surface area contributed by atoms with Crippen LogP contribution in [0.4, 0.5) is 5.69 Å². The minimum Gasteiger partial charge on any atom is -0.376 e. The molecule has 2 N–H and O–H groups in total. The highest BCUT2D eigenvalue weighted by Crippen LogP contribution is 2.38. The number of fused-ring (bicyclic) bond motifs is 1. The minimum absolute atomic E-state index is 0.0190. The van der Waals surface area contributed by atoms with Crippen molar-refractivity contribution in [3.63, 3.8) is 0 Å². The number of hydrogen-bond donors (Lipinski definition) is 2. The van der Waals surface area contributed by atoms with Crippen LogP contribution in [0.2, 0.25) is 5.02 Å². The summed E-state index contributed by atoms with van der Waals surface area (Å²) in [7, 11) is 0. The smallest absolute Gasteiger partial charge is 0.224 e. The molecule has 0 spiro atoms. The standard InChI is InChI=1S/C21H17ClN2O2/c22-18-7-4-15(5-8-18)21(26,17-2-1-11-23-13-17)16-6-9-19-14(12-16)3-10-20(25)24-19/h1-2,4-9,11-13,26H,3,10H2,(H,24,25). The van der Waals surface area contributed by atoms with E-state index in [0.29, 0.717) is 29.0 Å². The van der Waals surface area contributed by atoms with Crippen LogP contribution in [0.3, 0.4) is 0 Å². The van der Waals surface area contributed by atoms with Crippen LogP contribution < -0.4 is 5.32 Å². The Hall–Kier alpha value is -2.69. The molecule has 1 aliphatic heterocycles. The fourth-order valence-corrected chi connectivity index (χ4v) is 3.50. The number of hydrogen-bond acceptors (Lipinski definition) is 3. The summed E-state index contributed by atoms with van der Waals surface area (Å²) in [6, 6.07) is 16.4. The highest BCUT2D eigenvalue weighted by Gasteiger charge is 2.35. The molecule has 5 heteroatoms. The molecule has 0 fully saturated rings. The quantitative estimate of drug-likeness (QED) is 0.740. The molecule has 0 radical (unpaired) electrons. The molecule has 1 unspecified atom stereocenters. The number of aliphatic hydroxyl groups is 1. The largest absolute Gasteiger partial charge is 0.376 e. The van der Waals surface area contributed by atoms with Crippen molar-refractivity contribution in [2.75, 3.05) is 5.32 Å². The number of aryl methyl sites for hydroxylation is 1.